The molecule has 0 radical (unpaired) electrons. The lowest BCUT2D eigenvalue weighted by Gasteiger charge is -2.72. The Hall–Kier alpha value is -0.840. The number of allylic oxidation sites excluding steroid dienone is 4. The van der Waals surface area contributed by atoms with E-state index in [1.807, 2.05) is 0 Å². The largest absolute Gasteiger partial charge is 0.394 e. The molecule has 5 rings (SSSR count). The standard InChI is InChI=1S/C36H60O8/c1-19(2)10-9-11-20(3)21-12-15-35(7)27(21)22(38)16-25-34(6)14-13-26(39)33(4,5)31(34)23(17-36(25,35)8)43-32-30(42)29(41)28(40)24(18-37)44-32/h10-11,21-32,37-42H,9,12-18H2,1-8H3/b20-11+/t21-,22-,23+,24-,25?,26+,27+,28-,29+,30-,31?,32-,34-,35+,36-/m1/s1. The summed E-state index contributed by atoms with van der Waals surface area (Å²) < 4.78 is 12.6. The number of rotatable bonds is 6. The lowest BCUT2D eigenvalue weighted by atomic mass is 9.34. The maximum atomic E-state index is 12.0. The van der Waals surface area contributed by atoms with E-state index in [1.54, 1.807) is 0 Å². The summed E-state index contributed by atoms with van der Waals surface area (Å²) in [5.41, 5.74) is 1.49. The summed E-state index contributed by atoms with van der Waals surface area (Å²) in [6.45, 7) is 17.2. The van der Waals surface area contributed by atoms with Crippen LogP contribution in [0, 0.1) is 45.3 Å². The van der Waals surface area contributed by atoms with Crippen LogP contribution in [-0.4, -0.2) is 86.3 Å². The van der Waals surface area contributed by atoms with Crippen LogP contribution in [0.3, 0.4) is 0 Å². The number of aliphatic hydroxyl groups excluding tert-OH is 6. The van der Waals surface area contributed by atoms with Crippen molar-refractivity contribution in [1.82, 2.24) is 0 Å². The van der Waals surface area contributed by atoms with E-state index in [0.29, 0.717) is 25.2 Å². The molecule has 0 spiro atoms. The molecule has 4 saturated carbocycles. The van der Waals surface area contributed by atoms with Crippen molar-refractivity contribution in [2.45, 2.75) is 149 Å². The van der Waals surface area contributed by atoms with Gasteiger partial charge >= 0.3 is 0 Å². The van der Waals surface area contributed by atoms with Crippen LogP contribution in [0.1, 0.15) is 100 Å². The molecule has 2 unspecified atom stereocenters. The van der Waals surface area contributed by atoms with Crippen molar-refractivity contribution in [1.29, 1.82) is 0 Å². The minimum Gasteiger partial charge on any atom is -0.394 e. The van der Waals surface area contributed by atoms with Gasteiger partial charge in [0.2, 0.25) is 0 Å². The normalized spacial score (nSPS) is 52.1. The van der Waals surface area contributed by atoms with E-state index >= 15 is 0 Å². The van der Waals surface area contributed by atoms with Crippen LogP contribution in [0.15, 0.2) is 23.3 Å². The molecule has 4 aliphatic carbocycles. The minimum absolute atomic E-state index is 0.112. The Balaban J connectivity index is 1.55. The molecule has 5 fully saturated rings. The molecule has 8 heteroatoms. The minimum atomic E-state index is -1.52. The average Bonchev–Trinajstić information content (AvgIpc) is 3.32. The van der Waals surface area contributed by atoms with Crippen LogP contribution >= 0.6 is 0 Å². The molecule has 5 aliphatic rings. The fraction of sp³-hybridized carbons (Fsp3) is 0.889. The van der Waals surface area contributed by atoms with Crippen LogP contribution in [-0.2, 0) is 9.47 Å². The molecule has 0 amide bonds. The van der Waals surface area contributed by atoms with Crippen LogP contribution in [0.25, 0.3) is 0 Å². The molecule has 44 heavy (non-hydrogen) atoms. The maximum Gasteiger partial charge on any atom is 0.186 e. The molecule has 0 aromatic carbocycles. The SMILES string of the molecule is CC(C)=CC/C=C(\C)[C@H]1CC[C@@]2(C)[C@@H]1[C@H](O)CC1[C@@]3(C)CC[C@H](O)C(C)(C)C3[C@@H](O[C@@H]3O[C@H](CO)[C@@H](O)[C@H](O)[C@H]3O)C[C@]12C. The van der Waals surface area contributed by atoms with Crippen molar-refractivity contribution in [3.8, 4) is 0 Å². The monoisotopic (exact) mass is 620 g/mol. The van der Waals surface area contributed by atoms with E-state index in [1.165, 1.54) is 11.1 Å². The number of hydrogen-bond acceptors (Lipinski definition) is 8. The third kappa shape index (κ3) is 5.18. The molecule has 1 aliphatic heterocycles. The van der Waals surface area contributed by atoms with Gasteiger partial charge in [0.25, 0.3) is 0 Å². The maximum absolute atomic E-state index is 12.0. The Morgan fingerprint density at radius 1 is 0.864 bits per heavy atom. The summed E-state index contributed by atoms with van der Waals surface area (Å²) in [5, 5.41) is 65.2. The molecule has 252 valence electrons. The summed E-state index contributed by atoms with van der Waals surface area (Å²) in [6.07, 6.45) is 2.23. The predicted molar refractivity (Wildman–Crippen MR) is 168 cm³/mol. The van der Waals surface area contributed by atoms with Crippen molar-refractivity contribution in [2.24, 2.45) is 45.3 Å². The summed E-state index contributed by atoms with van der Waals surface area (Å²) in [5.74, 6) is 0.506. The molecule has 6 N–H and O–H groups in total. The third-order valence-corrected chi connectivity index (χ3v) is 13.9. The van der Waals surface area contributed by atoms with Gasteiger partial charge in [0.05, 0.1) is 24.9 Å². The van der Waals surface area contributed by atoms with Crippen molar-refractivity contribution in [3.05, 3.63) is 23.3 Å². The Morgan fingerprint density at radius 3 is 2.18 bits per heavy atom. The second-order valence-electron chi connectivity index (χ2n) is 16.8. The van der Waals surface area contributed by atoms with Crippen molar-refractivity contribution >= 4 is 0 Å². The highest BCUT2D eigenvalue weighted by molar-refractivity contribution is 5.24. The number of fused-ring (bicyclic) bond motifs is 5. The average molecular weight is 621 g/mol. The van der Waals surface area contributed by atoms with Crippen LogP contribution < -0.4 is 0 Å². The summed E-state index contributed by atoms with van der Waals surface area (Å²) >= 11 is 0. The molecule has 0 aromatic heterocycles. The lowest BCUT2D eigenvalue weighted by molar-refractivity contribution is -0.346. The zero-order valence-corrected chi connectivity index (χ0v) is 28.2. The Morgan fingerprint density at radius 2 is 1.55 bits per heavy atom. The predicted octanol–water partition coefficient (Wildman–Crippen LogP) is 4.10. The van der Waals surface area contributed by atoms with Crippen molar-refractivity contribution < 1.29 is 40.1 Å². The smallest absolute Gasteiger partial charge is 0.186 e. The molecule has 1 heterocycles. The summed E-state index contributed by atoms with van der Waals surface area (Å²) in [4.78, 5) is 0. The molecular formula is C36H60O8. The van der Waals surface area contributed by atoms with Crippen LogP contribution in [0.4, 0.5) is 0 Å². The highest BCUT2D eigenvalue weighted by atomic mass is 16.7. The first-order valence-corrected chi connectivity index (χ1v) is 17.1. The third-order valence-electron chi connectivity index (χ3n) is 13.9. The first-order valence-electron chi connectivity index (χ1n) is 17.1. The van der Waals surface area contributed by atoms with Gasteiger partial charge in [0, 0.05) is 0 Å². The molecular weight excluding hydrogens is 560 g/mol. The van der Waals surface area contributed by atoms with E-state index in [4.69, 9.17) is 9.47 Å². The van der Waals surface area contributed by atoms with Crippen molar-refractivity contribution in [2.75, 3.05) is 6.61 Å². The molecule has 0 aromatic rings. The zero-order valence-electron chi connectivity index (χ0n) is 28.2. The van der Waals surface area contributed by atoms with E-state index in [2.05, 4.69) is 67.5 Å². The first kappa shape index (κ1) is 34.5. The van der Waals surface area contributed by atoms with Gasteiger partial charge in [-0.15, -0.1) is 0 Å². The van der Waals surface area contributed by atoms with E-state index in [0.717, 1.165) is 25.7 Å². The topological polar surface area (TPSA) is 140 Å². The number of ether oxygens (including phenoxy) is 2. The van der Waals surface area contributed by atoms with E-state index in [9.17, 15) is 30.6 Å². The molecule has 0 bridgehead atoms. The highest BCUT2D eigenvalue weighted by Gasteiger charge is 2.72. The molecule has 1 saturated heterocycles. The van der Waals surface area contributed by atoms with Gasteiger partial charge in [0.15, 0.2) is 6.29 Å². The van der Waals surface area contributed by atoms with Crippen molar-refractivity contribution in [3.63, 3.8) is 0 Å². The molecule has 15 atom stereocenters. The summed E-state index contributed by atoms with van der Waals surface area (Å²) in [6, 6.07) is 0. The van der Waals surface area contributed by atoms with Crippen LogP contribution in [0.2, 0.25) is 0 Å². The second-order valence-corrected chi connectivity index (χ2v) is 16.8. The fourth-order valence-corrected chi connectivity index (χ4v) is 11.5. The first-order chi connectivity index (χ1) is 20.4. The highest BCUT2D eigenvalue weighted by Crippen LogP contribution is 2.76. The van der Waals surface area contributed by atoms with Gasteiger partial charge in [0.1, 0.15) is 24.4 Å². The van der Waals surface area contributed by atoms with Gasteiger partial charge in [-0.3, -0.25) is 0 Å². The van der Waals surface area contributed by atoms with Gasteiger partial charge in [-0.1, -0.05) is 57.9 Å². The van der Waals surface area contributed by atoms with E-state index in [-0.39, 0.29) is 34.0 Å². The van der Waals surface area contributed by atoms with E-state index < -0.39 is 61.0 Å². The zero-order chi connectivity index (χ0) is 32.6. The van der Waals surface area contributed by atoms with Gasteiger partial charge in [-0.2, -0.15) is 0 Å². The Labute approximate surface area is 264 Å². The van der Waals surface area contributed by atoms with Crippen LogP contribution in [0.5, 0.6) is 0 Å². The Bertz CT molecular complexity index is 1110. The van der Waals surface area contributed by atoms with Gasteiger partial charge in [-0.05, 0) is 111 Å². The summed E-state index contributed by atoms with van der Waals surface area (Å²) in [7, 11) is 0. The number of hydrogen-bond donors (Lipinski definition) is 6. The lowest BCUT2D eigenvalue weighted by Crippen LogP contribution is -2.70. The van der Waals surface area contributed by atoms with Gasteiger partial charge < -0.3 is 40.1 Å². The number of aliphatic hydroxyl groups is 6. The Kier molecular flexibility index (Phi) is 9.40. The quantitative estimate of drug-likeness (QED) is 0.193. The fourth-order valence-electron chi connectivity index (χ4n) is 11.5. The second kappa shape index (κ2) is 12.0. The molecule has 8 nitrogen and oxygen atoms in total. The van der Waals surface area contributed by atoms with Gasteiger partial charge in [-0.25, -0.2) is 0 Å².